The molecule has 30 heavy (non-hydrogen) atoms. The van der Waals surface area contributed by atoms with Crippen LogP contribution in [0.25, 0.3) is 11.3 Å². The largest absolute Gasteiger partial charge is 0.507 e. The fraction of sp³-hybridized carbons (Fsp3) is 0.238. The van der Waals surface area contributed by atoms with E-state index in [2.05, 4.69) is 20.5 Å². The van der Waals surface area contributed by atoms with Crippen LogP contribution in [0, 0.1) is 5.82 Å². The van der Waals surface area contributed by atoms with Crippen LogP contribution in [-0.4, -0.2) is 44.1 Å². The van der Waals surface area contributed by atoms with Crippen LogP contribution in [-0.2, 0) is 5.41 Å². The Labute approximate surface area is 170 Å². The Morgan fingerprint density at radius 3 is 2.63 bits per heavy atom. The molecule has 0 spiro atoms. The van der Waals surface area contributed by atoms with Gasteiger partial charge in [0.15, 0.2) is 0 Å². The molecule has 1 aliphatic rings. The number of benzene rings is 1. The zero-order chi connectivity index (χ0) is 21.3. The number of alkyl halides is 1. The van der Waals surface area contributed by atoms with Crippen LogP contribution < -0.4 is 5.32 Å². The van der Waals surface area contributed by atoms with E-state index in [1.54, 1.807) is 12.1 Å². The predicted molar refractivity (Wildman–Crippen MR) is 105 cm³/mol. The normalized spacial score (nSPS) is 20.4. The summed E-state index contributed by atoms with van der Waals surface area (Å²) in [4.78, 5) is 15.3. The van der Waals surface area contributed by atoms with Crippen molar-refractivity contribution < 1.29 is 23.8 Å². The minimum Gasteiger partial charge on any atom is -0.507 e. The van der Waals surface area contributed by atoms with Gasteiger partial charge in [0.25, 0.3) is 0 Å². The summed E-state index contributed by atoms with van der Waals surface area (Å²) in [7, 11) is 0. The van der Waals surface area contributed by atoms with Crippen molar-refractivity contribution in [1.82, 2.24) is 15.2 Å². The molecule has 0 bridgehead atoms. The SMILES string of the molecule is O=C(O)c1cc(-c2ccc(NC[C@]3(c4ncccc4F)C[C@H](F)C3)nn2)ccc1O. The van der Waals surface area contributed by atoms with Gasteiger partial charge in [-0.25, -0.2) is 13.6 Å². The van der Waals surface area contributed by atoms with Gasteiger partial charge in [0.05, 0.1) is 11.4 Å². The zero-order valence-electron chi connectivity index (χ0n) is 15.7. The number of nitrogens with zero attached hydrogens (tertiary/aromatic N) is 3. The first-order chi connectivity index (χ1) is 14.4. The number of anilines is 1. The van der Waals surface area contributed by atoms with E-state index in [1.165, 1.54) is 36.5 Å². The van der Waals surface area contributed by atoms with E-state index in [1.807, 2.05) is 0 Å². The fourth-order valence-corrected chi connectivity index (χ4v) is 3.69. The first-order valence-electron chi connectivity index (χ1n) is 9.27. The first-order valence-corrected chi connectivity index (χ1v) is 9.27. The number of aromatic carboxylic acids is 1. The maximum absolute atomic E-state index is 14.2. The lowest BCUT2D eigenvalue weighted by Crippen LogP contribution is -2.49. The maximum atomic E-state index is 14.2. The van der Waals surface area contributed by atoms with E-state index in [0.717, 1.165) is 0 Å². The number of halogens is 2. The molecule has 3 aromatic rings. The zero-order valence-corrected chi connectivity index (χ0v) is 15.7. The molecular weight excluding hydrogens is 394 g/mol. The highest BCUT2D eigenvalue weighted by Gasteiger charge is 2.48. The second-order valence-corrected chi connectivity index (χ2v) is 7.31. The molecule has 1 fully saturated rings. The van der Waals surface area contributed by atoms with Crippen molar-refractivity contribution in [3.05, 3.63) is 65.7 Å². The average molecular weight is 412 g/mol. The van der Waals surface area contributed by atoms with Crippen LogP contribution in [0.1, 0.15) is 28.9 Å². The minimum atomic E-state index is -1.25. The van der Waals surface area contributed by atoms with E-state index in [9.17, 15) is 18.7 Å². The molecule has 0 unspecified atom stereocenters. The molecule has 1 aromatic carbocycles. The lowest BCUT2D eigenvalue weighted by Gasteiger charge is -2.44. The molecule has 0 saturated heterocycles. The van der Waals surface area contributed by atoms with Crippen molar-refractivity contribution in [1.29, 1.82) is 0 Å². The number of aromatic hydroxyl groups is 1. The summed E-state index contributed by atoms with van der Waals surface area (Å²) in [5.74, 6) is -1.64. The number of phenols is 1. The molecule has 154 valence electrons. The molecule has 4 rings (SSSR count). The molecule has 2 heterocycles. The topological polar surface area (TPSA) is 108 Å². The van der Waals surface area contributed by atoms with E-state index in [-0.39, 0.29) is 36.4 Å². The molecule has 1 saturated carbocycles. The summed E-state index contributed by atoms with van der Waals surface area (Å²) in [6.45, 7) is 0.248. The van der Waals surface area contributed by atoms with Gasteiger partial charge in [-0.05, 0) is 55.3 Å². The molecule has 7 nitrogen and oxygen atoms in total. The summed E-state index contributed by atoms with van der Waals surface area (Å²) in [5, 5.41) is 30.0. The molecule has 0 aliphatic heterocycles. The van der Waals surface area contributed by atoms with Gasteiger partial charge in [-0.2, -0.15) is 0 Å². The lowest BCUT2D eigenvalue weighted by atomic mass is 9.65. The van der Waals surface area contributed by atoms with Crippen LogP contribution >= 0.6 is 0 Å². The number of hydrogen-bond acceptors (Lipinski definition) is 6. The number of carboxylic acids is 1. The summed E-state index contributed by atoms with van der Waals surface area (Å²) >= 11 is 0. The van der Waals surface area contributed by atoms with Crippen LogP contribution in [0.4, 0.5) is 14.6 Å². The summed E-state index contributed by atoms with van der Waals surface area (Å²) in [5.41, 5.74) is 0.151. The molecule has 0 atom stereocenters. The van der Waals surface area contributed by atoms with Crippen LogP contribution in [0.3, 0.4) is 0 Å². The fourth-order valence-electron chi connectivity index (χ4n) is 3.69. The third kappa shape index (κ3) is 3.66. The highest BCUT2D eigenvalue weighted by atomic mass is 19.1. The minimum absolute atomic E-state index is 0.172. The number of hydrogen-bond donors (Lipinski definition) is 3. The van der Waals surface area contributed by atoms with Crippen molar-refractivity contribution >= 4 is 11.8 Å². The Balaban J connectivity index is 1.51. The smallest absolute Gasteiger partial charge is 0.339 e. The number of carbonyl (C=O) groups is 1. The maximum Gasteiger partial charge on any atom is 0.339 e. The monoisotopic (exact) mass is 412 g/mol. The number of nitrogens with one attached hydrogen (secondary N) is 1. The Kier molecular flexibility index (Phi) is 5.03. The van der Waals surface area contributed by atoms with Crippen molar-refractivity contribution in [2.45, 2.75) is 24.4 Å². The van der Waals surface area contributed by atoms with E-state index < -0.39 is 23.4 Å². The lowest BCUT2D eigenvalue weighted by molar-refractivity contribution is 0.0693. The Morgan fingerprint density at radius 2 is 2.00 bits per heavy atom. The molecule has 1 aliphatic carbocycles. The summed E-state index contributed by atoms with van der Waals surface area (Å²) in [6, 6.07) is 10.2. The molecule has 0 amide bonds. The Morgan fingerprint density at radius 1 is 1.20 bits per heavy atom. The van der Waals surface area contributed by atoms with Crippen LogP contribution in [0.2, 0.25) is 0 Å². The molecular formula is C21H18F2N4O3. The first kappa shape index (κ1) is 19.7. The molecule has 0 radical (unpaired) electrons. The van der Waals surface area contributed by atoms with E-state index in [0.29, 0.717) is 17.1 Å². The number of rotatable bonds is 6. The quantitative estimate of drug-likeness (QED) is 0.568. The van der Waals surface area contributed by atoms with Gasteiger partial charge in [0.1, 0.15) is 29.1 Å². The summed E-state index contributed by atoms with van der Waals surface area (Å²) < 4.78 is 27.9. The number of carboxylic acid groups (broad SMARTS) is 1. The molecule has 9 heteroatoms. The summed E-state index contributed by atoms with van der Waals surface area (Å²) in [6.07, 6.45) is 0.832. The van der Waals surface area contributed by atoms with Gasteiger partial charge in [0, 0.05) is 23.7 Å². The van der Waals surface area contributed by atoms with Crippen molar-refractivity contribution in [2.24, 2.45) is 0 Å². The third-order valence-corrected chi connectivity index (χ3v) is 5.28. The highest BCUT2D eigenvalue weighted by molar-refractivity contribution is 5.92. The van der Waals surface area contributed by atoms with Crippen LogP contribution in [0.5, 0.6) is 5.75 Å². The highest BCUT2D eigenvalue weighted by Crippen LogP contribution is 2.45. The van der Waals surface area contributed by atoms with Crippen molar-refractivity contribution in [2.75, 3.05) is 11.9 Å². The van der Waals surface area contributed by atoms with Gasteiger partial charge in [0.2, 0.25) is 0 Å². The Hall–Kier alpha value is -3.62. The van der Waals surface area contributed by atoms with Crippen molar-refractivity contribution in [3.63, 3.8) is 0 Å². The number of pyridine rings is 1. The average Bonchev–Trinajstić information content (AvgIpc) is 2.71. The molecule has 2 aromatic heterocycles. The van der Waals surface area contributed by atoms with Gasteiger partial charge in [-0.1, -0.05) is 0 Å². The van der Waals surface area contributed by atoms with Gasteiger partial charge in [-0.15, -0.1) is 10.2 Å². The standard InChI is InChI=1S/C21H18F2N4O3/c22-13-9-21(10-13,19-15(23)2-1-7-24-19)11-25-18-6-4-16(26-27-18)12-3-5-17(28)14(8-12)20(29)30/h1-8,13,28H,9-11H2,(H,25,27)(H,29,30)/t13-,21-. The predicted octanol–water partition coefficient (Wildman–Crippen LogP) is 3.56. The van der Waals surface area contributed by atoms with Crippen LogP contribution in [0.15, 0.2) is 48.7 Å². The van der Waals surface area contributed by atoms with E-state index >= 15 is 0 Å². The van der Waals surface area contributed by atoms with Gasteiger partial charge in [-0.3, -0.25) is 4.98 Å². The van der Waals surface area contributed by atoms with Gasteiger partial charge < -0.3 is 15.5 Å². The second kappa shape index (κ2) is 7.66. The van der Waals surface area contributed by atoms with Gasteiger partial charge >= 0.3 is 5.97 Å². The third-order valence-electron chi connectivity index (χ3n) is 5.28. The Bertz CT molecular complexity index is 1090. The van der Waals surface area contributed by atoms with E-state index in [4.69, 9.17) is 5.11 Å². The van der Waals surface area contributed by atoms with Crippen molar-refractivity contribution in [3.8, 4) is 17.0 Å². The number of aromatic nitrogens is 3. The molecule has 3 N–H and O–H groups in total. The second-order valence-electron chi connectivity index (χ2n) is 7.31.